The van der Waals surface area contributed by atoms with E-state index in [0.717, 1.165) is 17.3 Å². The molecular weight excluding hydrogens is 310 g/mol. The van der Waals surface area contributed by atoms with E-state index in [1.54, 1.807) is 24.3 Å². The number of rotatable bonds is 6. The van der Waals surface area contributed by atoms with Gasteiger partial charge in [-0.1, -0.05) is 19.4 Å². The van der Waals surface area contributed by atoms with Crippen LogP contribution in [0.2, 0.25) is 0 Å². The van der Waals surface area contributed by atoms with Crippen molar-refractivity contribution >= 4 is 28.0 Å². The lowest BCUT2D eigenvalue weighted by Gasteiger charge is -2.08. The van der Waals surface area contributed by atoms with Crippen molar-refractivity contribution in [2.24, 2.45) is 0 Å². The molecule has 0 unspecified atom stereocenters. The molecule has 0 spiro atoms. The molecule has 0 heterocycles. The maximum atomic E-state index is 10.7. The fraction of sp³-hybridized carbons (Fsp3) is 0.286. The molecule has 100 valence electrons. The van der Waals surface area contributed by atoms with Gasteiger partial charge in [0.1, 0.15) is 17.4 Å². The number of carboxylic acids is 1. The first-order valence-electron chi connectivity index (χ1n) is 5.86. The zero-order valence-electron chi connectivity index (χ0n) is 10.5. The molecule has 5 heteroatoms. The Bertz CT molecular complexity index is 532. The van der Waals surface area contributed by atoms with Gasteiger partial charge in [-0.3, -0.25) is 0 Å². The second-order valence-electron chi connectivity index (χ2n) is 3.87. The van der Waals surface area contributed by atoms with Crippen molar-refractivity contribution in [2.75, 3.05) is 6.61 Å². The number of nitrogens with zero attached hydrogens (tertiary/aromatic N) is 1. The smallest absolute Gasteiger partial charge is 0.346 e. The molecule has 1 N–H and O–H groups in total. The van der Waals surface area contributed by atoms with Crippen molar-refractivity contribution in [1.82, 2.24) is 0 Å². The molecule has 0 aliphatic heterocycles. The highest BCUT2D eigenvalue weighted by Crippen LogP contribution is 2.27. The van der Waals surface area contributed by atoms with E-state index in [-0.39, 0.29) is 5.57 Å². The average Bonchev–Trinajstić information content (AvgIpc) is 2.38. The Labute approximate surface area is 120 Å². The van der Waals surface area contributed by atoms with E-state index < -0.39 is 5.97 Å². The summed E-state index contributed by atoms with van der Waals surface area (Å²) in [5.41, 5.74) is 0.334. The monoisotopic (exact) mass is 323 g/mol. The number of carbonyl (C=O) groups is 1. The van der Waals surface area contributed by atoms with Gasteiger partial charge in [0.2, 0.25) is 0 Å². The molecule has 0 radical (unpaired) electrons. The van der Waals surface area contributed by atoms with E-state index in [1.807, 2.05) is 0 Å². The number of nitriles is 1. The van der Waals surface area contributed by atoms with Crippen LogP contribution in [0, 0.1) is 11.3 Å². The third kappa shape index (κ3) is 4.76. The quantitative estimate of drug-likeness (QED) is 0.493. The van der Waals surface area contributed by atoms with Crippen LogP contribution >= 0.6 is 15.9 Å². The Kier molecular flexibility index (Phi) is 6.10. The van der Waals surface area contributed by atoms with Crippen LogP contribution in [0.25, 0.3) is 6.08 Å². The predicted octanol–water partition coefficient (Wildman–Crippen LogP) is 3.62. The molecule has 0 aromatic heterocycles. The molecule has 1 aromatic carbocycles. The summed E-state index contributed by atoms with van der Waals surface area (Å²) < 4.78 is 6.30. The van der Waals surface area contributed by atoms with Crippen molar-refractivity contribution < 1.29 is 14.6 Å². The predicted molar refractivity (Wildman–Crippen MR) is 75.8 cm³/mol. The van der Waals surface area contributed by atoms with E-state index in [4.69, 9.17) is 15.1 Å². The van der Waals surface area contributed by atoms with Gasteiger partial charge in [0.25, 0.3) is 0 Å². The lowest BCUT2D eigenvalue weighted by atomic mass is 10.1. The van der Waals surface area contributed by atoms with Crippen molar-refractivity contribution in [1.29, 1.82) is 5.26 Å². The third-order valence-electron chi connectivity index (χ3n) is 2.37. The zero-order chi connectivity index (χ0) is 14.3. The van der Waals surface area contributed by atoms with Gasteiger partial charge in [0.05, 0.1) is 11.1 Å². The molecular formula is C14H14BrNO3. The Morgan fingerprint density at radius 3 is 2.84 bits per heavy atom. The van der Waals surface area contributed by atoms with Gasteiger partial charge in [-0.25, -0.2) is 4.79 Å². The van der Waals surface area contributed by atoms with E-state index in [0.29, 0.717) is 17.9 Å². The molecule has 19 heavy (non-hydrogen) atoms. The fourth-order valence-corrected chi connectivity index (χ4v) is 1.87. The summed E-state index contributed by atoms with van der Waals surface area (Å²) >= 11 is 3.36. The summed E-state index contributed by atoms with van der Waals surface area (Å²) in [6.07, 6.45) is 3.36. The normalized spacial score (nSPS) is 10.9. The van der Waals surface area contributed by atoms with Gasteiger partial charge in [0.15, 0.2) is 0 Å². The van der Waals surface area contributed by atoms with Crippen LogP contribution in [0.4, 0.5) is 0 Å². The van der Waals surface area contributed by atoms with Gasteiger partial charge < -0.3 is 9.84 Å². The summed E-state index contributed by atoms with van der Waals surface area (Å²) in [7, 11) is 0. The number of ether oxygens (including phenoxy) is 1. The van der Waals surface area contributed by atoms with Gasteiger partial charge in [0, 0.05) is 0 Å². The van der Waals surface area contributed by atoms with Crippen LogP contribution in [0.1, 0.15) is 25.3 Å². The third-order valence-corrected chi connectivity index (χ3v) is 2.99. The molecule has 1 rings (SSSR count). The summed E-state index contributed by atoms with van der Waals surface area (Å²) in [4.78, 5) is 10.7. The molecule has 0 atom stereocenters. The highest BCUT2D eigenvalue weighted by Gasteiger charge is 2.07. The van der Waals surface area contributed by atoms with Crippen LogP contribution < -0.4 is 4.74 Å². The number of carboxylic acid groups (broad SMARTS) is 1. The molecule has 0 fully saturated rings. The second kappa shape index (κ2) is 7.59. The van der Waals surface area contributed by atoms with Crippen molar-refractivity contribution in [2.45, 2.75) is 19.8 Å². The van der Waals surface area contributed by atoms with Crippen molar-refractivity contribution in [3.05, 3.63) is 33.8 Å². The number of halogens is 1. The highest BCUT2D eigenvalue weighted by atomic mass is 79.9. The summed E-state index contributed by atoms with van der Waals surface area (Å²) in [5.74, 6) is -0.527. The molecule has 0 saturated carbocycles. The Morgan fingerprint density at radius 1 is 1.58 bits per heavy atom. The lowest BCUT2D eigenvalue weighted by molar-refractivity contribution is -0.132. The number of aliphatic carboxylic acids is 1. The van der Waals surface area contributed by atoms with Gasteiger partial charge in [-0.2, -0.15) is 5.26 Å². The summed E-state index contributed by atoms with van der Waals surface area (Å²) in [6, 6.07) is 6.83. The summed E-state index contributed by atoms with van der Waals surface area (Å²) in [6.45, 7) is 2.73. The van der Waals surface area contributed by atoms with E-state index in [9.17, 15) is 4.79 Å². The minimum atomic E-state index is -1.23. The lowest BCUT2D eigenvalue weighted by Crippen LogP contribution is -1.98. The largest absolute Gasteiger partial charge is 0.492 e. The molecule has 0 amide bonds. The van der Waals surface area contributed by atoms with Crippen LogP contribution in [0.15, 0.2) is 28.2 Å². The molecule has 0 bridgehead atoms. The molecule has 1 aromatic rings. The van der Waals surface area contributed by atoms with E-state index >= 15 is 0 Å². The highest BCUT2D eigenvalue weighted by molar-refractivity contribution is 9.10. The maximum absolute atomic E-state index is 10.7. The van der Waals surface area contributed by atoms with Gasteiger partial charge >= 0.3 is 5.97 Å². The number of hydrogen-bond donors (Lipinski definition) is 1. The first-order valence-corrected chi connectivity index (χ1v) is 6.65. The first kappa shape index (κ1) is 15.3. The maximum Gasteiger partial charge on any atom is 0.346 e. The first-order chi connectivity index (χ1) is 9.08. The standard InChI is InChI=1S/C14H14BrNO3/c1-2-3-6-19-13-5-4-10(8-12(13)15)7-11(9-16)14(17)18/h4-5,7-8H,2-3,6H2,1H3,(H,17,18). The zero-order valence-corrected chi connectivity index (χ0v) is 12.1. The second-order valence-corrected chi connectivity index (χ2v) is 4.72. The van der Waals surface area contributed by atoms with Gasteiger partial charge in [-0.05, 0) is 46.1 Å². The van der Waals surface area contributed by atoms with Crippen molar-refractivity contribution in [3.63, 3.8) is 0 Å². The number of unbranched alkanes of at least 4 members (excludes halogenated alkanes) is 1. The Balaban J connectivity index is 2.88. The average molecular weight is 324 g/mol. The van der Waals surface area contributed by atoms with Crippen LogP contribution in [0.3, 0.4) is 0 Å². The van der Waals surface area contributed by atoms with Crippen LogP contribution in [-0.4, -0.2) is 17.7 Å². The van der Waals surface area contributed by atoms with Gasteiger partial charge in [-0.15, -0.1) is 0 Å². The summed E-state index contributed by atoms with van der Waals surface area (Å²) in [5, 5.41) is 17.5. The van der Waals surface area contributed by atoms with Crippen molar-refractivity contribution in [3.8, 4) is 11.8 Å². The SMILES string of the molecule is CCCCOc1ccc(C=C(C#N)C(=O)O)cc1Br. The molecule has 4 nitrogen and oxygen atoms in total. The molecule has 0 saturated heterocycles. The Hall–Kier alpha value is -1.80. The van der Waals surface area contributed by atoms with Crippen LogP contribution in [0.5, 0.6) is 5.75 Å². The minimum absolute atomic E-state index is 0.299. The Morgan fingerprint density at radius 2 is 2.32 bits per heavy atom. The number of hydrogen-bond acceptors (Lipinski definition) is 3. The van der Waals surface area contributed by atoms with Crippen LogP contribution in [-0.2, 0) is 4.79 Å². The fourth-order valence-electron chi connectivity index (χ4n) is 1.36. The van der Waals surface area contributed by atoms with E-state index in [1.165, 1.54) is 6.08 Å². The molecule has 0 aliphatic rings. The number of benzene rings is 1. The topological polar surface area (TPSA) is 70.3 Å². The van der Waals surface area contributed by atoms with E-state index in [2.05, 4.69) is 22.9 Å². The minimum Gasteiger partial charge on any atom is -0.492 e. The molecule has 0 aliphatic carbocycles.